The molecule has 0 saturated heterocycles. The number of halogens is 2. The van der Waals surface area contributed by atoms with Gasteiger partial charge in [0.25, 0.3) is 5.91 Å². The van der Waals surface area contributed by atoms with Gasteiger partial charge in [-0.15, -0.1) is 0 Å². The molecule has 2 amide bonds. The van der Waals surface area contributed by atoms with E-state index in [9.17, 15) is 14.0 Å². The molecule has 18 heavy (non-hydrogen) atoms. The van der Waals surface area contributed by atoms with Gasteiger partial charge in [-0.2, -0.15) is 0 Å². The normalized spacial score (nSPS) is 11.1. The molecule has 0 unspecified atom stereocenters. The molecular formula is C12H14BrFN2O2. The Hall–Kier alpha value is -1.43. The smallest absolute Gasteiger partial charge is 0.255 e. The average molecular weight is 317 g/mol. The van der Waals surface area contributed by atoms with Crippen LogP contribution in [0.3, 0.4) is 0 Å². The van der Waals surface area contributed by atoms with Gasteiger partial charge in [-0.3, -0.25) is 9.59 Å². The van der Waals surface area contributed by atoms with E-state index >= 15 is 0 Å². The lowest BCUT2D eigenvalue weighted by Gasteiger charge is -2.20. The van der Waals surface area contributed by atoms with Crippen LogP contribution in [0.25, 0.3) is 0 Å². The Morgan fingerprint density at radius 3 is 2.56 bits per heavy atom. The van der Waals surface area contributed by atoms with Crippen LogP contribution in [0.2, 0.25) is 0 Å². The number of nitrogens with two attached hydrogens (primary N) is 1. The quantitative estimate of drug-likeness (QED) is 0.889. The fourth-order valence-corrected chi connectivity index (χ4v) is 1.71. The van der Waals surface area contributed by atoms with Crippen LogP contribution in [-0.2, 0) is 4.79 Å². The van der Waals surface area contributed by atoms with Gasteiger partial charge in [0.2, 0.25) is 5.91 Å². The Kier molecular flexibility index (Phi) is 4.45. The van der Waals surface area contributed by atoms with Crippen molar-refractivity contribution in [3.05, 3.63) is 34.1 Å². The molecule has 0 aliphatic carbocycles. The van der Waals surface area contributed by atoms with Gasteiger partial charge in [-0.25, -0.2) is 4.39 Å². The van der Waals surface area contributed by atoms with Crippen LogP contribution in [0.15, 0.2) is 22.7 Å². The number of amides is 2. The molecule has 0 saturated carbocycles. The SMILES string of the molecule is CC(C)(CNC(=O)c1c(F)cccc1Br)C(N)=O. The van der Waals surface area contributed by atoms with E-state index in [-0.39, 0.29) is 12.1 Å². The van der Waals surface area contributed by atoms with Crippen molar-refractivity contribution < 1.29 is 14.0 Å². The molecule has 0 fully saturated rings. The van der Waals surface area contributed by atoms with E-state index in [0.29, 0.717) is 4.47 Å². The number of hydrogen-bond donors (Lipinski definition) is 2. The van der Waals surface area contributed by atoms with Crippen molar-refractivity contribution in [1.29, 1.82) is 0 Å². The fraction of sp³-hybridized carbons (Fsp3) is 0.333. The third-order valence-electron chi connectivity index (χ3n) is 2.55. The first-order valence-corrected chi connectivity index (χ1v) is 6.07. The summed E-state index contributed by atoms with van der Waals surface area (Å²) in [6.07, 6.45) is 0. The van der Waals surface area contributed by atoms with Crippen molar-refractivity contribution in [2.75, 3.05) is 6.54 Å². The summed E-state index contributed by atoms with van der Waals surface area (Å²) in [5.41, 5.74) is 4.21. The topological polar surface area (TPSA) is 72.2 Å². The van der Waals surface area contributed by atoms with E-state index in [1.54, 1.807) is 19.9 Å². The lowest BCUT2D eigenvalue weighted by Crippen LogP contribution is -2.42. The molecule has 6 heteroatoms. The van der Waals surface area contributed by atoms with E-state index in [1.165, 1.54) is 12.1 Å². The first kappa shape index (κ1) is 14.6. The van der Waals surface area contributed by atoms with Gasteiger partial charge >= 0.3 is 0 Å². The third-order valence-corrected chi connectivity index (χ3v) is 3.21. The summed E-state index contributed by atoms with van der Waals surface area (Å²) >= 11 is 3.10. The highest BCUT2D eigenvalue weighted by Crippen LogP contribution is 2.20. The number of hydrogen-bond acceptors (Lipinski definition) is 2. The summed E-state index contributed by atoms with van der Waals surface area (Å²) in [4.78, 5) is 22.9. The summed E-state index contributed by atoms with van der Waals surface area (Å²) in [5, 5.41) is 2.49. The van der Waals surface area contributed by atoms with Crippen LogP contribution in [-0.4, -0.2) is 18.4 Å². The van der Waals surface area contributed by atoms with Crippen LogP contribution < -0.4 is 11.1 Å². The summed E-state index contributed by atoms with van der Waals surface area (Å²) < 4.78 is 13.9. The van der Waals surface area contributed by atoms with Gasteiger partial charge in [0.15, 0.2) is 0 Å². The molecule has 0 aliphatic rings. The maximum Gasteiger partial charge on any atom is 0.255 e. The number of carbonyl (C=O) groups excluding carboxylic acids is 2. The molecule has 0 bridgehead atoms. The van der Waals surface area contributed by atoms with Crippen LogP contribution in [0.5, 0.6) is 0 Å². The van der Waals surface area contributed by atoms with Crippen molar-refractivity contribution in [3.8, 4) is 0 Å². The zero-order valence-electron chi connectivity index (χ0n) is 10.1. The summed E-state index contributed by atoms with van der Waals surface area (Å²) in [6.45, 7) is 3.25. The number of primary amides is 1. The molecule has 0 atom stereocenters. The molecule has 98 valence electrons. The Labute approximate surface area is 113 Å². The number of nitrogens with one attached hydrogen (secondary N) is 1. The van der Waals surface area contributed by atoms with Crippen molar-refractivity contribution in [1.82, 2.24) is 5.32 Å². The van der Waals surface area contributed by atoms with E-state index in [2.05, 4.69) is 21.2 Å². The number of benzene rings is 1. The number of rotatable bonds is 4. The van der Waals surface area contributed by atoms with Crippen molar-refractivity contribution in [3.63, 3.8) is 0 Å². The molecular weight excluding hydrogens is 303 g/mol. The highest BCUT2D eigenvalue weighted by atomic mass is 79.9. The lowest BCUT2D eigenvalue weighted by atomic mass is 9.92. The standard InChI is InChI=1S/C12H14BrFN2O2/c1-12(2,11(15)18)6-16-10(17)9-7(13)4-3-5-8(9)14/h3-5H,6H2,1-2H3,(H2,15,18)(H,16,17). The van der Waals surface area contributed by atoms with Gasteiger partial charge in [-0.1, -0.05) is 6.07 Å². The monoisotopic (exact) mass is 316 g/mol. The summed E-state index contributed by atoms with van der Waals surface area (Å²) in [6, 6.07) is 4.25. The first-order valence-electron chi connectivity index (χ1n) is 5.28. The van der Waals surface area contributed by atoms with Crippen LogP contribution in [0, 0.1) is 11.2 Å². The lowest BCUT2D eigenvalue weighted by molar-refractivity contribution is -0.125. The zero-order chi connectivity index (χ0) is 13.9. The molecule has 4 nitrogen and oxygen atoms in total. The molecule has 1 aromatic carbocycles. The minimum atomic E-state index is -0.882. The minimum absolute atomic E-state index is 0.0436. The molecule has 1 rings (SSSR count). The Bertz CT molecular complexity index is 469. The molecule has 0 radical (unpaired) electrons. The highest BCUT2D eigenvalue weighted by molar-refractivity contribution is 9.10. The van der Waals surface area contributed by atoms with Crippen molar-refractivity contribution >= 4 is 27.7 Å². The highest BCUT2D eigenvalue weighted by Gasteiger charge is 2.26. The van der Waals surface area contributed by atoms with Crippen molar-refractivity contribution in [2.45, 2.75) is 13.8 Å². The minimum Gasteiger partial charge on any atom is -0.369 e. The maximum absolute atomic E-state index is 13.5. The average Bonchev–Trinajstić information content (AvgIpc) is 2.26. The maximum atomic E-state index is 13.5. The molecule has 1 aromatic rings. The molecule has 3 N–H and O–H groups in total. The van der Waals surface area contributed by atoms with Gasteiger partial charge in [0.1, 0.15) is 5.82 Å². The largest absolute Gasteiger partial charge is 0.369 e. The predicted molar refractivity (Wildman–Crippen MR) is 69.4 cm³/mol. The Morgan fingerprint density at radius 1 is 1.44 bits per heavy atom. The third kappa shape index (κ3) is 3.29. The van der Waals surface area contributed by atoms with Gasteiger partial charge in [0, 0.05) is 11.0 Å². The second-order valence-corrected chi connectivity index (χ2v) is 5.38. The second-order valence-electron chi connectivity index (χ2n) is 4.53. The Morgan fingerprint density at radius 2 is 2.06 bits per heavy atom. The van der Waals surface area contributed by atoms with Crippen LogP contribution >= 0.6 is 15.9 Å². The summed E-state index contributed by atoms with van der Waals surface area (Å²) in [5.74, 6) is -1.75. The number of carbonyl (C=O) groups is 2. The van der Waals surface area contributed by atoms with Crippen molar-refractivity contribution in [2.24, 2.45) is 11.1 Å². The van der Waals surface area contributed by atoms with E-state index in [1.807, 2.05) is 0 Å². The fourth-order valence-electron chi connectivity index (χ4n) is 1.19. The van der Waals surface area contributed by atoms with Gasteiger partial charge in [-0.05, 0) is 41.9 Å². The molecule has 0 aromatic heterocycles. The van der Waals surface area contributed by atoms with Crippen LogP contribution in [0.4, 0.5) is 4.39 Å². The predicted octanol–water partition coefficient (Wildman–Crippen LogP) is 1.83. The van der Waals surface area contributed by atoms with Gasteiger partial charge < -0.3 is 11.1 Å². The van der Waals surface area contributed by atoms with E-state index in [0.717, 1.165) is 0 Å². The molecule has 0 heterocycles. The van der Waals surface area contributed by atoms with Crippen LogP contribution in [0.1, 0.15) is 24.2 Å². The molecule has 0 spiro atoms. The first-order chi connectivity index (χ1) is 8.25. The Balaban J connectivity index is 2.82. The van der Waals surface area contributed by atoms with E-state index in [4.69, 9.17) is 5.73 Å². The molecule has 0 aliphatic heterocycles. The van der Waals surface area contributed by atoms with E-state index < -0.39 is 23.0 Å². The second kappa shape index (κ2) is 5.48. The zero-order valence-corrected chi connectivity index (χ0v) is 11.7. The summed E-state index contributed by atoms with van der Waals surface area (Å²) in [7, 11) is 0. The van der Waals surface area contributed by atoms with Gasteiger partial charge in [0.05, 0.1) is 11.0 Å².